The zero-order valence-electron chi connectivity index (χ0n) is 10.2. The summed E-state index contributed by atoms with van der Waals surface area (Å²) in [6, 6.07) is 6.85. The molecule has 0 aromatic heterocycles. The highest BCUT2D eigenvalue weighted by Gasteiger charge is 2.31. The molecule has 1 amide bonds. The summed E-state index contributed by atoms with van der Waals surface area (Å²) in [5, 5.41) is 14.1. The third kappa shape index (κ3) is 2.88. The Morgan fingerprint density at radius 1 is 1.58 bits per heavy atom. The SMILES string of the molecule is C=CCN(C(=O)O)C1CNN=C1c1ccc(Cl)cc1. The van der Waals surface area contributed by atoms with Gasteiger partial charge in [0.25, 0.3) is 0 Å². The molecule has 100 valence electrons. The second kappa shape index (κ2) is 5.75. The molecule has 1 heterocycles. The van der Waals surface area contributed by atoms with Crippen LogP contribution in [0.3, 0.4) is 0 Å². The van der Waals surface area contributed by atoms with Gasteiger partial charge >= 0.3 is 6.09 Å². The number of hydrogen-bond donors (Lipinski definition) is 2. The van der Waals surface area contributed by atoms with Crippen LogP contribution in [0.15, 0.2) is 42.0 Å². The van der Waals surface area contributed by atoms with Crippen LogP contribution in [0.5, 0.6) is 0 Å². The molecule has 0 spiro atoms. The monoisotopic (exact) mass is 279 g/mol. The maximum atomic E-state index is 11.3. The molecule has 0 saturated heterocycles. The van der Waals surface area contributed by atoms with E-state index < -0.39 is 6.09 Å². The predicted molar refractivity (Wildman–Crippen MR) is 74.7 cm³/mol. The summed E-state index contributed by atoms with van der Waals surface area (Å²) < 4.78 is 0. The standard InChI is InChI=1S/C13H14ClN3O2/c1-2-7-17(13(18)19)11-8-15-16-12(11)9-3-5-10(14)6-4-9/h2-6,11,15H,1,7-8H2,(H,18,19). The third-order valence-electron chi connectivity index (χ3n) is 2.89. The van der Waals surface area contributed by atoms with Gasteiger partial charge in [0.1, 0.15) is 0 Å². The summed E-state index contributed by atoms with van der Waals surface area (Å²) in [5.41, 5.74) is 4.40. The highest BCUT2D eigenvalue weighted by Crippen LogP contribution is 2.17. The first-order chi connectivity index (χ1) is 9.13. The molecule has 1 aromatic rings. The van der Waals surface area contributed by atoms with Gasteiger partial charge in [0.15, 0.2) is 0 Å². The van der Waals surface area contributed by atoms with Crippen molar-refractivity contribution in [3.63, 3.8) is 0 Å². The quantitative estimate of drug-likeness (QED) is 0.830. The van der Waals surface area contributed by atoms with Crippen LogP contribution in [0.25, 0.3) is 0 Å². The van der Waals surface area contributed by atoms with Crippen LogP contribution in [0.1, 0.15) is 5.56 Å². The van der Waals surface area contributed by atoms with Gasteiger partial charge in [-0.1, -0.05) is 29.8 Å². The molecule has 0 bridgehead atoms. The lowest BCUT2D eigenvalue weighted by atomic mass is 10.0. The Kier molecular flexibility index (Phi) is 4.06. The summed E-state index contributed by atoms with van der Waals surface area (Å²) in [7, 11) is 0. The molecule has 0 radical (unpaired) electrons. The van der Waals surface area contributed by atoms with E-state index in [0.29, 0.717) is 17.3 Å². The lowest BCUT2D eigenvalue weighted by Crippen LogP contribution is -2.45. The number of nitrogens with zero attached hydrogens (tertiary/aromatic N) is 2. The summed E-state index contributed by atoms with van der Waals surface area (Å²) in [6.07, 6.45) is 0.571. The number of nitrogens with one attached hydrogen (secondary N) is 1. The maximum absolute atomic E-state index is 11.3. The summed E-state index contributed by atoms with van der Waals surface area (Å²) in [4.78, 5) is 12.6. The summed E-state index contributed by atoms with van der Waals surface area (Å²) in [6.45, 7) is 4.30. The molecule has 1 unspecified atom stereocenters. The second-order valence-corrected chi connectivity index (χ2v) is 4.54. The van der Waals surface area contributed by atoms with Crippen molar-refractivity contribution < 1.29 is 9.90 Å². The van der Waals surface area contributed by atoms with E-state index >= 15 is 0 Å². The van der Waals surface area contributed by atoms with E-state index in [2.05, 4.69) is 17.1 Å². The van der Waals surface area contributed by atoms with Crippen molar-refractivity contribution in [1.82, 2.24) is 10.3 Å². The Labute approximate surface area is 116 Å². The number of rotatable bonds is 4. The van der Waals surface area contributed by atoms with Crippen LogP contribution >= 0.6 is 11.6 Å². The first-order valence-corrected chi connectivity index (χ1v) is 6.18. The Morgan fingerprint density at radius 3 is 2.84 bits per heavy atom. The number of halogens is 1. The minimum Gasteiger partial charge on any atom is -0.465 e. The average molecular weight is 280 g/mol. The van der Waals surface area contributed by atoms with Gasteiger partial charge in [-0.2, -0.15) is 5.10 Å². The van der Waals surface area contributed by atoms with Crippen LogP contribution in [0.2, 0.25) is 5.02 Å². The molecule has 2 rings (SSSR count). The van der Waals surface area contributed by atoms with Crippen LogP contribution in [-0.4, -0.2) is 40.9 Å². The lowest BCUT2D eigenvalue weighted by molar-refractivity contribution is 0.144. The van der Waals surface area contributed by atoms with E-state index in [1.54, 1.807) is 18.2 Å². The number of benzene rings is 1. The Hall–Kier alpha value is -2.01. The molecule has 2 N–H and O–H groups in total. The fourth-order valence-corrected chi connectivity index (χ4v) is 2.13. The zero-order valence-corrected chi connectivity index (χ0v) is 11.0. The molecular formula is C13H14ClN3O2. The van der Waals surface area contributed by atoms with Crippen molar-refractivity contribution in [1.29, 1.82) is 0 Å². The summed E-state index contributed by atoms with van der Waals surface area (Å²) >= 11 is 5.84. The Bertz CT molecular complexity index is 513. The first-order valence-electron chi connectivity index (χ1n) is 5.80. The third-order valence-corrected chi connectivity index (χ3v) is 3.14. The molecule has 1 aliphatic rings. The maximum Gasteiger partial charge on any atom is 0.408 e. The van der Waals surface area contributed by atoms with Crippen LogP contribution in [0, 0.1) is 0 Å². The van der Waals surface area contributed by atoms with E-state index in [9.17, 15) is 9.90 Å². The molecule has 1 aromatic carbocycles. The molecule has 5 nitrogen and oxygen atoms in total. The lowest BCUT2D eigenvalue weighted by Gasteiger charge is -2.25. The number of carboxylic acid groups (broad SMARTS) is 1. The van der Waals surface area contributed by atoms with Crippen molar-refractivity contribution in [3.05, 3.63) is 47.5 Å². The van der Waals surface area contributed by atoms with E-state index in [4.69, 9.17) is 11.6 Å². The van der Waals surface area contributed by atoms with Crippen LogP contribution in [0.4, 0.5) is 4.79 Å². The van der Waals surface area contributed by atoms with Crippen molar-refractivity contribution in [2.75, 3.05) is 13.1 Å². The molecule has 19 heavy (non-hydrogen) atoms. The van der Waals surface area contributed by atoms with Crippen LogP contribution < -0.4 is 5.43 Å². The summed E-state index contributed by atoms with van der Waals surface area (Å²) in [5.74, 6) is 0. The first kappa shape index (κ1) is 13.4. The number of carbonyl (C=O) groups is 1. The minimum atomic E-state index is -0.990. The van der Waals surface area contributed by atoms with Crippen molar-refractivity contribution in [2.45, 2.75) is 6.04 Å². The number of amides is 1. The van der Waals surface area contributed by atoms with Gasteiger partial charge in [-0.25, -0.2) is 4.79 Å². The predicted octanol–water partition coefficient (Wildman–Crippen LogP) is 2.18. The van der Waals surface area contributed by atoms with Gasteiger partial charge < -0.3 is 10.5 Å². The van der Waals surface area contributed by atoms with Gasteiger partial charge in [-0.05, 0) is 12.1 Å². The molecule has 0 saturated carbocycles. The topological polar surface area (TPSA) is 64.9 Å². The van der Waals surface area contributed by atoms with Crippen molar-refractivity contribution in [3.8, 4) is 0 Å². The number of hydrogen-bond acceptors (Lipinski definition) is 3. The minimum absolute atomic E-state index is 0.258. The Morgan fingerprint density at radius 2 is 2.26 bits per heavy atom. The van der Waals surface area contributed by atoms with E-state index in [1.807, 2.05) is 12.1 Å². The van der Waals surface area contributed by atoms with Gasteiger partial charge in [0.2, 0.25) is 0 Å². The fraction of sp³-hybridized carbons (Fsp3) is 0.231. The Balaban J connectivity index is 2.27. The highest BCUT2D eigenvalue weighted by atomic mass is 35.5. The van der Waals surface area contributed by atoms with Crippen molar-refractivity contribution >= 4 is 23.4 Å². The average Bonchev–Trinajstić information content (AvgIpc) is 2.85. The van der Waals surface area contributed by atoms with Gasteiger partial charge in [0, 0.05) is 17.1 Å². The smallest absolute Gasteiger partial charge is 0.408 e. The number of hydrazone groups is 1. The molecular weight excluding hydrogens is 266 g/mol. The highest BCUT2D eigenvalue weighted by molar-refractivity contribution is 6.30. The van der Waals surface area contributed by atoms with Crippen molar-refractivity contribution in [2.24, 2.45) is 5.10 Å². The molecule has 1 atom stereocenters. The molecule has 0 aliphatic carbocycles. The zero-order chi connectivity index (χ0) is 13.8. The van der Waals surface area contributed by atoms with E-state index in [-0.39, 0.29) is 12.6 Å². The van der Waals surface area contributed by atoms with Gasteiger partial charge in [0.05, 0.1) is 18.3 Å². The van der Waals surface area contributed by atoms with Gasteiger partial charge in [-0.3, -0.25) is 4.90 Å². The normalized spacial score (nSPS) is 17.5. The van der Waals surface area contributed by atoms with E-state index in [0.717, 1.165) is 5.56 Å². The molecule has 1 aliphatic heterocycles. The van der Waals surface area contributed by atoms with Crippen LogP contribution in [-0.2, 0) is 0 Å². The molecule has 6 heteroatoms. The largest absolute Gasteiger partial charge is 0.465 e. The fourth-order valence-electron chi connectivity index (χ4n) is 2.00. The second-order valence-electron chi connectivity index (χ2n) is 4.11. The van der Waals surface area contributed by atoms with Gasteiger partial charge in [-0.15, -0.1) is 6.58 Å². The molecule has 0 fully saturated rings. The van der Waals surface area contributed by atoms with E-state index in [1.165, 1.54) is 4.90 Å².